The van der Waals surface area contributed by atoms with Gasteiger partial charge in [-0.05, 0) is 104 Å². The molecule has 6 rings (SSSR count). The van der Waals surface area contributed by atoms with Crippen molar-refractivity contribution < 1.29 is 28.9 Å². The van der Waals surface area contributed by atoms with E-state index in [1.165, 1.54) is 13.5 Å². The van der Waals surface area contributed by atoms with Gasteiger partial charge in [0.05, 0.1) is 24.7 Å². The Morgan fingerprint density at radius 3 is 2.46 bits per heavy atom. The van der Waals surface area contributed by atoms with E-state index in [9.17, 15) is 14.7 Å². The minimum Gasteiger partial charge on any atom is -0.469 e. The minimum absolute atomic E-state index is 0.00453. The molecule has 37 heavy (non-hydrogen) atoms. The lowest BCUT2D eigenvalue weighted by atomic mass is 9.43. The number of esters is 2. The third kappa shape index (κ3) is 3.24. The summed E-state index contributed by atoms with van der Waals surface area (Å²) >= 11 is 0. The topological polar surface area (TPSA) is 82.1 Å². The van der Waals surface area contributed by atoms with Crippen molar-refractivity contribution in [1.82, 2.24) is 0 Å². The molecule has 4 saturated carbocycles. The van der Waals surface area contributed by atoms with Crippen LogP contribution < -0.4 is 0 Å². The van der Waals surface area contributed by atoms with Gasteiger partial charge in [0.25, 0.3) is 0 Å². The molecule has 6 nitrogen and oxygen atoms in total. The Bertz CT molecular complexity index is 1000. The lowest BCUT2D eigenvalue weighted by Gasteiger charge is -2.61. The fourth-order valence-corrected chi connectivity index (χ4v) is 11.9. The first-order valence-electron chi connectivity index (χ1n) is 14.9. The van der Waals surface area contributed by atoms with Crippen molar-refractivity contribution in [1.29, 1.82) is 0 Å². The molecule has 208 valence electrons. The zero-order valence-electron chi connectivity index (χ0n) is 24.0. The summed E-state index contributed by atoms with van der Waals surface area (Å²) in [5, 5.41) is 11.3. The van der Waals surface area contributed by atoms with Crippen LogP contribution in [0.2, 0.25) is 0 Å². The SMILES string of the molecule is COC(=O)CC[C@]12C[C@]13CC[C@]1(C)C4C(C[C@@]1(C)C3CCC2C(C)(C)O)O[C@@]1(CC(C)C(=O)O1)C[C@H]4C. The summed E-state index contributed by atoms with van der Waals surface area (Å²) in [6, 6.07) is 0. The summed E-state index contributed by atoms with van der Waals surface area (Å²) in [6.07, 6.45) is 9.44. The molecule has 11 atom stereocenters. The number of ether oxygens (including phenoxy) is 3. The highest BCUT2D eigenvalue weighted by Crippen LogP contribution is 2.88. The van der Waals surface area contributed by atoms with E-state index in [4.69, 9.17) is 14.2 Å². The van der Waals surface area contributed by atoms with Crippen LogP contribution in [-0.2, 0) is 23.8 Å². The molecule has 2 aliphatic heterocycles. The molecular formula is C31H48O6. The molecule has 0 amide bonds. The maximum absolute atomic E-state index is 12.4. The van der Waals surface area contributed by atoms with Gasteiger partial charge in [-0.1, -0.05) is 27.7 Å². The first kappa shape index (κ1) is 26.1. The number of aliphatic hydroxyl groups is 1. The summed E-state index contributed by atoms with van der Waals surface area (Å²) in [4.78, 5) is 24.6. The van der Waals surface area contributed by atoms with E-state index >= 15 is 0 Å². The van der Waals surface area contributed by atoms with Crippen molar-refractivity contribution in [2.24, 2.45) is 51.2 Å². The number of carbonyl (C=O) groups is 2. The zero-order valence-corrected chi connectivity index (χ0v) is 24.0. The van der Waals surface area contributed by atoms with Crippen LogP contribution in [0.15, 0.2) is 0 Å². The highest BCUT2D eigenvalue weighted by Gasteiger charge is 2.82. The Morgan fingerprint density at radius 1 is 1.11 bits per heavy atom. The van der Waals surface area contributed by atoms with Crippen LogP contribution in [0.5, 0.6) is 0 Å². The Balaban J connectivity index is 1.34. The van der Waals surface area contributed by atoms with Gasteiger partial charge < -0.3 is 19.3 Å². The zero-order chi connectivity index (χ0) is 26.8. The fourth-order valence-electron chi connectivity index (χ4n) is 11.9. The van der Waals surface area contributed by atoms with Crippen LogP contribution in [0, 0.1) is 51.2 Å². The van der Waals surface area contributed by atoms with Gasteiger partial charge in [0.15, 0.2) is 0 Å². The smallest absolute Gasteiger partial charge is 0.311 e. The lowest BCUT2D eigenvalue weighted by Crippen LogP contribution is -2.57. The summed E-state index contributed by atoms with van der Waals surface area (Å²) in [7, 11) is 1.48. The summed E-state index contributed by atoms with van der Waals surface area (Å²) in [5.41, 5.74) is -0.290. The van der Waals surface area contributed by atoms with Crippen molar-refractivity contribution in [2.45, 2.75) is 123 Å². The van der Waals surface area contributed by atoms with E-state index < -0.39 is 11.4 Å². The van der Waals surface area contributed by atoms with Crippen molar-refractivity contribution in [3.8, 4) is 0 Å². The molecule has 6 aliphatic rings. The second-order valence-corrected chi connectivity index (χ2v) is 15.2. The monoisotopic (exact) mass is 516 g/mol. The number of rotatable bonds is 4. The van der Waals surface area contributed by atoms with Gasteiger partial charge in [0.1, 0.15) is 0 Å². The molecule has 6 fully saturated rings. The predicted molar refractivity (Wildman–Crippen MR) is 138 cm³/mol. The third-order valence-corrected chi connectivity index (χ3v) is 13.3. The average molecular weight is 517 g/mol. The molecule has 6 heteroatoms. The molecule has 1 N–H and O–H groups in total. The van der Waals surface area contributed by atoms with E-state index in [1.807, 2.05) is 20.8 Å². The van der Waals surface area contributed by atoms with E-state index in [0.717, 1.165) is 44.9 Å². The number of methoxy groups -OCH3 is 1. The normalized spacial score (nSPS) is 54.1. The van der Waals surface area contributed by atoms with Gasteiger partial charge in [-0.25, -0.2) is 0 Å². The molecular weight excluding hydrogens is 468 g/mol. The molecule has 0 radical (unpaired) electrons. The van der Waals surface area contributed by atoms with Crippen molar-refractivity contribution in [3.63, 3.8) is 0 Å². The van der Waals surface area contributed by atoms with Crippen LogP contribution in [0.1, 0.15) is 106 Å². The van der Waals surface area contributed by atoms with E-state index in [0.29, 0.717) is 30.6 Å². The van der Waals surface area contributed by atoms with Gasteiger partial charge in [0, 0.05) is 19.3 Å². The summed E-state index contributed by atoms with van der Waals surface area (Å²) in [5.74, 6) is 0.570. The summed E-state index contributed by atoms with van der Waals surface area (Å²) in [6.45, 7) is 13.3. The van der Waals surface area contributed by atoms with Crippen LogP contribution in [0.25, 0.3) is 0 Å². The van der Waals surface area contributed by atoms with Gasteiger partial charge >= 0.3 is 11.9 Å². The minimum atomic E-state index is -0.761. The van der Waals surface area contributed by atoms with Gasteiger partial charge in [-0.2, -0.15) is 0 Å². The predicted octanol–water partition coefficient (Wildman–Crippen LogP) is 5.64. The molecule has 2 heterocycles. The highest BCUT2D eigenvalue weighted by molar-refractivity contribution is 5.74. The van der Waals surface area contributed by atoms with E-state index in [-0.39, 0.29) is 51.5 Å². The number of hydrogen-bond acceptors (Lipinski definition) is 6. The fraction of sp³-hybridized carbons (Fsp3) is 0.935. The summed E-state index contributed by atoms with van der Waals surface area (Å²) < 4.78 is 17.9. The lowest BCUT2D eigenvalue weighted by molar-refractivity contribution is -0.276. The van der Waals surface area contributed by atoms with Crippen LogP contribution in [0.3, 0.4) is 0 Å². The molecule has 0 aromatic rings. The van der Waals surface area contributed by atoms with Crippen LogP contribution in [0.4, 0.5) is 0 Å². The van der Waals surface area contributed by atoms with Crippen molar-refractivity contribution >= 4 is 11.9 Å². The first-order chi connectivity index (χ1) is 17.2. The molecule has 5 unspecified atom stereocenters. The quantitative estimate of drug-likeness (QED) is 0.487. The second kappa shape index (κ2) is 7.74. The standard InChI is InChI=1S/C31H48O6/c1-18-14-31(15-19(2)25(33)37-31)36-20-16-28(6)22-9-8-21(26(3,4)34)29(11-10-23(32)35-7)17-30(22,29)13-12-27(28,5)24(18)20/h18-22,24,34H,8-17H2,1-7H3/t18-,19?,20?,21?,22?,24?,27-,28+,29-,30+,31+/m1/s1. The number of fused-ring (bicyclic) bond motifs is 4. The van der Waals surface area contributed by atoms with Crippen LogP contribution in [-0.4, -0.2) is 41.6 Å². The molecule has 2 saturated heterocycles. The van der Waals surface area contributed by atoms with Crippen molar-refractivity contribution in [3.05, 3.63) is 0 Å². The number of carbonyl (C=O) groups excluding carboxylic acids is 2. The average Bonchev–Trinajstić information content (AvgIpc) is 3.30. The molecule has 0 bridgehead atoms. The maximum Gasteiger partial charge on any atom is 0.311 e. The number of hydrogen-bond donors (Lipinski definition) is 1. The van der Waals surface area contributed by atoms with Gasteiger partial charge in [0.2, 0.25) is 5.79 Å². The van der Waals surface area contributed by atoms with Crippen LogP contribution >= 0.6 is 0 Å². The largest absolute Gasteiger partial charge is 0.469 e. The molecule has 0 aromatic carbocycles. The Morgan fingerprint density at radius 2 is 1.84 bits per heavy atom. The van der Waals surface area contributed by atoms with E-state index in [1.54, 1.807) is 0 Å². The van der Waals surface area contributed by atoms with E-state index in [2.05, 4.69) is 20.8 Å². The third-order valence-electron chi connectivity index (χ3n) is 13.3. The Hall–Kier alpha value is -1.14. The van der Waals surface area contributed by atoms with Gasteiger partial charge in [-0.3, -0.25) is 9.59 Å². The Labute approximate surface area is 222 Å². The highest BCUT2D eigenvalue weighted by atomic mass is 16.7. The first-order valence-corrected chi connectivity index (χ1v) is 14.9. The molecule has 0 aromatic heterocycles. The molecule has 4 aliphatic carbocycles. The van der Waals surface area contributed by atoms with Crippen molar-refractivity contribution in [2.75, 3.05) is 7.11 Å². The maximum atomic E-state index is 12.4. The second-order valence-electron chi connectivity index (χ2n) is 15.2. The van der Waals surface area contributed by atoms with Gasteiger partial charge in [-0.15, -0.1) is 0 Å². The molecule has 2 spiro atoms. The Kier molecular flexibility index (Phi) is 5.46.